The molecule has 0 aromatic rings. The van der Waals surface area contributed by atoms with Gasteiger partial charge in [-0.2, -0.15) is 0 Å². The topological polar surface area (TPSA) is 0 Å². The molecule has 2 heteroatoms. The van der Waals surface area contributed by atoms with Crippen LogP contribution in [0.4, 0.5) is 0 Å². The molecule has 0 bridgehead atoms. The van der Waals surface area contributed by atoms with E-state index < -0.39 is 0 Å². The number of unbranched alkanes of at least 4 members (excludes halogenated alkanes) is 15. The molecule has 0 aliphatic carbocycles. The summed E-state index contributed by atoms with van der Waals surface area (Å²) in [5.41, 5.74) is 0. The summed E-state index contributed by atoms with van der Waals surface area (Å²) in [6, 6.07) is 0. The lowest BCUT2D eigenvalue weighted by atomic mass is 10.1. The first kappa shape index (κ1) is 26.2. The van der Waals surface area contributed by atoms with E-state index in [1.807, 2.05) is 0 Å². The zero-order chi connectivity index (χ0) is 17.4. The Morgan fingerprint density at radius 1 is 0.348 bits per heavy atom. The maximum Gasteiger partial charge on any atom is 0.00313 e. The molecule has 23 heavy (non-hydrogen) atoms. The molecule has 0 amide bonds. The van der Waals surface area contributed by atoms with E-state index in [1.54, 1.807) is 0 Å². The maximum atomic E-state index is 3.45. The fourth-order valence-corrected chi connectivity index (χ4v) is 3.43. The Bertz CT molecular complexity index is 153. The van der Waals surface area contributed by atoms with Crippen LogP contribution in [0.1, 0.15) is 123 Å². The van der Waals surface area contributed by atoms with Crippen molar-refractivity contribution in [3.8, 4) is 0 Å². The minimum Gasteiger partial charge on any atom is -0.0928 e. The summed E-state index contributed by atoms with van der Waals surface area (Å²) in [5.74, 6) is 0. The van der Waals surface area contributed by atoms with E-state index in [9.17, 15) is 0 Å². The van der Waals surface area contributed by atoms with Crippen molar-refractivity contribution in [2.45, 2.75) is 123 Å². The molecule has 142 valence electrons. The fourth-order valence-electron chi connectivity index (χ4n) is 2.63. The summed E-state index contributed by atoms with van der Waals surface area (Å²) in [4.78, 5) is 0. The van der Waals surface area contributed by atoms with Crippen LogP contribution in [0.2, 0.25) is 0 Å². The fraction of sp³-hybridized carbons (Fsp3) is 1.00. The molecular weight excluding hydrogens is 412 g/mol. The smallest absolute Gasteiger partial charge is 0.00313 e. The molecule has 0 saturated carbocycles. The SMILES string of the molecule is CCCCCCCCCCBr.CCCCCCCCCCCBr. The summed E-state index contributed by atoms with van der Waals surface area (Å²) in [7, 11) is 0. The quantitative estimate of drug-likeness (QED) is 0.151. The molecule has 0 aliphatic heterocycles. The van der Waals surface area contributed by atoms with Crippen LogP contribution in [0.3, 0.4) is 0 Å². The number of rotatable bonds is 17. The van der Waals surface area contributed by atoms with Gasteiger partial charge in [0.1, 0.15) is 0 Å². The molecule has 0 atom stereocenters. The molecule has 0 aliphatic rings. The lowest BCUT2D eigenvalue weighted by molar-refractivity contribution is 0.573. The zero-order valence-electron chi connectivity index (χ0n) is 16.2. The Morgan fingerprint density at radius 2 is 0.565 bits per heavy atom. The Balaban J connectivity index is 0. The summed E-state index contributed by atoms with van der Waals surface area (Å²) in [5, 5.41) is 2.37. The average molecular weight is 456 g/mol. The van der Waals surface area contributed by atoms with Crippen LogP contribution in [0.5, 0.6) is 0 Å². The zero-order valence-corrected chi connectivity index (χ0v) is 19.4. The van der Waals surface area contributed by atoms with Gasteiger partial charge >= 0.3 is 0 Å². The highest BCUT2D eigenvalue weighted by atomic mass is 79.9. The molecule has 0 nitrogen and oxygen atoms in total. The van der Waals surface area contributed by atoms with E-state index >= 15 is 0 Å². The molecule has 0 heterocycles. The van der Waals surface area contributed by atoms with E-state index in [0.29, 0.717) is 0 Å². The van der Waals surface area contributed by atoms with Crippen LogP contribution in [0.15, 0.2) is 0 Å². The largest absolute Gasteiger partial charge is 0.0928 e. The lowest BCUT2D eigenvalue weighted by Gasteiger charge is -1.99. The van der Waals surface area contributed by atoms with Gasteiger partial charge in [-0.3, -0.25) is 0 Å². The van der Waals surface area contributed by atoms with E-state index in [2.05, 4.69) is 45.7 Å². The third-order valence-corrected chi connectivity index (χ3v) is 5.35. The molecule has 0 saturated heterocycles. The molecule has 0 spiro atoms. The Hall–Kier alpha value is 0.960. The second kappa shape index (κ2) is 27.8. The number of hydrogen-bond acceptors (Lipinski definition) is 0. The predicted molar refractivity (Wildman–Crippen MR) is 117 cm³/mol. The highest BCUT2D eigenvalue weighted by Gasteiger charge is 1.90. The molecule has 0 N–H and O–H groups in total. The van der Waals surface area contributed by atoms with Crippen LogP contribution in [0.25, 0.3) is 0 Å². The van der Waals surface area contributed by atoms with Gasteiger partial charge in [0.2, 0.25) is 0 Å². The van der Waals surface area contributed by atoms with Crippen LogP contribution in [0, 0.1) is 0 Å². The first-order valence-corrected chi connectivity index (χ1v) is 12.7. The summed E-state index contributed by atoms with van der Waals surface area (Å²) < 4.78 is 0. The molecule has 0 fully saturated rings. The lowest BCUT2D eigenvalue weighted by Crippen LogP contribution is -1.81. The number of alkyl halides is 2. The van der Waals surface area contributed by atoms with Crippen molar-refractivity contribution in [3.63, 3.8) is 0 Å². The van der Waals surface area contributed by atoms with Crippen LogP contribution in [-0.4, -0.2) is 10.7 Å². The van der Waals surface area contributed by atoms with Gasteiger partial charge in [0.05, 0.1) is 0 Å². The first-order chi connectivity index (χ1) is 11.3. The van der Waals surface area contributed by atoms with Gasteiger partial charge in [0, 0.05) is 10.7 Å². The van der Waals surface area contributed by atoms with Crippen LogP contribution in [-0.2, 0) is 0 Å². The van der Waals surface area contributed by atoms with Gasteiger partial charge in [0.15, 0.2) is 0 Å². The molecule has 0 aromatic heterocycles. The summed E-state index contributed by atoms with van der Waals surface area (Å²) in [6.07, 6.45) is 24.2. The third kappa shape index (κ3) is 31.3. The molecule has 0 aromatic carbocycles. The second-order valence-corrected chi connectivity index (χ2v) is 8.27. The summed E-state index contributed by atoms with van der Waals surface area (Å²) in [6.45, 7) is 4.54. The second-order valence-electron chi connectivity index (χ2n) is 6.68. The van der Waals surface area contributed by atoms with Crippen molar-refractivity contribution in [2.75, 3.05) is 10.7 Å². The van der Waals surface area contributed by atoms with Crippen LogP contribution >= 0.6 is 31.9 Å². The van der Waals surface area contributed by atoms with E-state index in [4.69, 9.17) is 0 Å². The van der Waals surface area contributed by atoms with Gasteiger partial charge in [-0.1, -0.05) is 142 Å². The molecule has 0 radical (unpaired) electrons. The van der Waals surface area contributed by atoms with Crippen molar-refractivity contribution in [1.29, 1.82) is 0 Å². The van der Waals surface area contributed by atoms with E-state index in [1.165, 1.54) is 120 Å². The Morgan fingerprint density at radius 3 is 0.783 bits per heavy atom. The van der Waals surface area contributed by atoms with Crippen molar-refractivity contribution in [1.82, 2.24) is 0 Å². The van der Waals surface area contributed by atoms with Crippen molar-refractivity contribution in [2.24, 2.45) is 0 Å². The minimum atomic E-state index is 1.18. The third-order valence-electron chi connectivity index (χ3n) is 4.22. The maximum absolute atomic E-state index is 3.45. The standard InChI is InChI=1S/C11H23Br.C10H21Br/c1-2-3-4-5-6-7-8-9-10-11-12;1-2-3-4-5-6-7-8-9-10-11/h2-11H2,1H3;2-10H2,1H3. The van der Waals surface area contributed by atoms with Gasteiger partial charge in [0.25, 0.3) is 0 Å². The normalized spacial score (nSPS) is 10.4. The number of hydrogen-bond donors (Lipinski definition) is 0. The van der Waals surface area contributed by atoms with E-state index in [0.717, 1.165) is 0 Å². The van der Waals surface area contributed by atoms with Crippen molar-refractivity contribution in [3.05, 3.63) is 0 Å². The van der Waals surface area contributed by atoms with Gasteiger partial charge < -0.3 is 0 Å². The summed E-state index contributed by atoms with van der Waals surface area (Å²) >= 11 is 6.90. The van der Waals surface area contributed by atoms with Gasteiger partial charge in [-0.15, -0.1) is 0 Å². The van der Waals surface area contributed by atoms with Gasteiger partial charge in [-0.05, 0) is 12.8 Å². The predicted octanol–water partition coefficient (Wildman–Crippen LogP) is 9.43. The molecule has 0 unspecified atom stereocenters. The monoisotopic (exact) mass is 454 g/mol. The minimum absolute atomic E-state index is 1.18. The Kier molecular flexibility index (Phi) is 31.6. The number of halogens is 2. The molecular formula is C21H44Br2. The van der Waals surface area contributed by atoms with Crippen molar-refractivity contribution < 1.29 is 0 Å². The Labute approximate surface area is 165 Å². The first-order valence-electron chi connectivity index (χ1n) is 10.4. The highest BCUT2D eigenvalue weighted by molar-refractivity contribution is 9.09. The van der Waals surface area contributed by atoms with Gasteiger partial charge in [-0.25, -0.2) is 0 Å². The van der Waals surface area contributed by atoms with Crippen molar-refractivity contribution >= 4 is 31.9 Å². The highest BCUT2D eigenvalue weighted by Crippen LogP contribution is 2.10. The average Bonchev–Trinajstić information content (AvgIpc) is 2.57. The molecule has 0 rings (SSSR count). The van der Waals surface area contributed by atoms with E-state index in [-0.39, 0.29) is 0 Å². The van der Waals surface area contributed by atoms with Crippen LogP contribution < -0.4 is 0 Å².